The number of thioether (sulfide) groups is 1. The molecule has 0 spiro atoms. The van der Waals surface area contributed by atoms with E-state index in [0.717, 1.165) is 41.2 Å². The molecule has 1 N–H and O–H groups in total. The third kappa shape index (κ3) is 3.69. The summed E-state index contributed by atoms with van der Waals surface area (Å²) >= 11 is 6.17. The van der Waals surface area contributed by atoms with Crippen LogP contribution in [0.4, 0.5) is 0 Å². The first-order valence-electron chi connectivity index (χ1n) is 7.12. The maximum atomic E-state index is 10.1. The highest BCUT2D eigenvalue weighted by Gasteiger charge is 2.14. The Morgan fingerprint density at radius 1 is 1.24 bits per heavy atom. The average molecular weight is 318 g/mol. The zero-order valence-electron chi connectivity index (χ0n) is 11.7. The van der Waals surface area contributed by atoms with E-state index in [4.69, 9.17) is 4.74 Å². The Labute approximate surface area is 134 Å². The molecule has 0 bridgehead atoms. The summed E-state index contributed by atoms with van der Waals surface area (Å²) in [6.07, 6.45) is 2.78. The van der Waals surface area contributed by atoms with Crippen molar-refractivity contribution in [3.63, 3.8) is 0 Å². The Kier molecular flexibility index (Phi) is 4.66. The van der Waals surface area contributed by atoms with Gasteiger partial charge >= 0.3 is 0 Å². The summed E-state index contributed by atoms with van der Waals surface area (Å²) in [6, 6.07) is 11.8. The fraction of sp³-hybridized carbons (Fsp3) is 0.294. The van der Waals surface area contributed by atoms with Crippen LogP contribution < -0.4 is 4.74 Å². The van der Waals surface area contributed by atoms with Gasteiger partial charge in [0.25, 0.3) is 0 Å². The van der Waals surface area contributed by atoms with Crippen molar-refractivity contribution >= 4 is 24.4 Å². The van der Waals surface area contributed by atoms with Gasteiger partial charge in [-0.1, -0.05) is 6.07 Å². The van der Waals surface area contributed by atoms with Crippen LogP contribution in [-0.2, 0) is 12.8 Å². The van der Waals surface area contributed by atoms with Crippen molar-refractivity contribution in [2.75, 3.05) is 12.4 Å². The highest BCUT2D eigenvalue weighted by atomic mass is 32.2. The summed E-state index contributed by atoms with van der Waals surface area (Å²) in [5.74, 6) is 2.39. The normalized spacial score (nSPS) is 13.2. The van der Waals surface area contributed by atoms with Crippen LogP contribution in [-0.4, -0.2) is 17.5 Å². The lowest BCUT2D eigenvalue weighted by Gasteiger charge is -2.09. The van der Waals surface area contributed by atoms with Crippen LogP contribution in [0.25, 0.3) is 0 Å². The lowest BCUT2D eigenvalue weighted by Crippen LogP contribution is -2.00. The summed E-state index contributed by atoms with van der Waals surface area (Å²) < 4.78 is 5.71. The quantitative estimate of drug-likeness (QED) is 0.635. The molecule has 1 aliphatic rings. The van der Waals surface area contributed by atoms with E-state index in [0.29, 0.717) is 12.4 Å². The largest absolute Gasteiger partial charge is 0.508 e. The maximum absolute atomic E-state index is 10.1. The topological polar surface area (TPSA) is 29.5 Å². The van der Waals surface area contributed by atoms with Gasteiger partial charge in [-0.25, -0.2) is 0 Å². The molecule has 0 aromatic heterocycles. The Morgan fingerprint density at radius 3 is 3.00 bits per heavy atom. The molecule has 2 aromatic rings. The first kappa shape index (κ1) is 14.7. The molecule has 2 aromatic carbocycles. The number of hydrogen-bond acceptors (Lipinski definition) is 4. The van der Waals surface area contributed by atoms with Crippen LogP contribution in [0.3, 0.4) is 0 Å². The minimum atomic E-state index is 0.425. The molecule has 0 atom stereocenters. The monoisotopic (exact) mass is 318 g/mol. The van der Waals surface area contributed by atoms with Crippen LogP contribution in [0, 0.1) is 0 Å². The van der Waals surface area contributed by atoms with Gasteiger partial charge in [-0.05, 0) is 60.7 Å². The van der Waals surface area contributed by atoms with E-state index in [9.17, 15) is 5.11 Å². The lowest BCUT2D eigenvalue weighted by molar-refractivity contribution is 0.309. The zero-order valence-corrected chi connectivity index (χ0v) is 13.4. The minimum absolute atomic E-state index is 0.425. The van der Waals surface area contributed by atoms with Gasteiger partial charge < -0.3 is 9.84 Å². The molecule has 0 amide bonds. The minimum Gasteiger partial charge on any atom is -0.508 e. The number of fused-ring (bicyclic) bond motifs is 1. The van der Waals surface area contributed by atoms with E-state index >= 15 is 0 Å². The Balaban J connectivity index is 1.54. The van der Waals surface area contributed by atoms with Crippen LogP contribution in [0.15, 0.2) is 46.2 Å². The van der Waals surface area contributed by atoms with Crippen LogP contribution in [0.5, 0.6) is 11.5 Å². The summed E-state index contributed by atoms with van der Waals surface area (Å²) in [7, 11) is 0. The Hall–Kier alpha value is -1.26. The molecular weight excluding hydrogens is 300 g/mol. The molecule has 0 saturated heterocycles. The molecule has 21 heavy (non-hydrogen) atoms. The molecule has 1 aliphatic heterocycles. The molecule has 3 rings (SSSR count). The van der Waals surface area contributed by atoms with E-state index in [2.05, 4.69) is 18.7 Å². The fourth-order valence-electron chi connectivity index (χ4n) is 2.48. The molecule has 4 heteroatoms. The zero-order chi connectivity index (χ0) is 14.7. The smallest absolute Gasteiger partial charge is 0.120 e. The third-order valence-electron chi connectivity index (χ3n) is 3.57. The summed E-state index contributed by atoms with van der Waals surface area (Å²) in [4.78, 5) is 2.23. The third-order valence-corrected chi connectivity index (χ3v) is 4.94. The molecule has 110 valence electrons. The molecular formula is C17H18O2S2. The molecule has 1 heterocycles. The lowest BCUT2D eigenvalue weighted by atomic mass is 10.0. The van der Waals surface area contributed by atoms with Gasteiger partial charge in [0.05, 0.1) is 6.61 Å². The van der Waals surface area contributed by atoms with Gasteiger partial charge in [0.2, 0.25) is 0 Å². The molecule has 0 fully saturated rings. The van der Waals surface area contributed by atoms with Crippen LogP contribution >= 0.6 is 24.4 Å². The standard InChI is InChI=1S/C17H18O2S2/c18-16-9-13-6-8-21-17(13)10-12(16)3-2-7-19-14-4-1-5-15(20)11-14/h1,4-5,9-11,18,20H,2-3,6-8H2. The second kappa shape index (κ2) is 6.67. The fourth-order valence-corrected chi connectivity index (χ4v) is 3.81. The van der Waals surface area contributed by atoms with Crippen LogP contribution in [0.1, 0.15) is 17.5 Å². The summed E-state index contributed by atoms with van der Waals surface area (Å²) in [5, 5.41) is 10.1. The molecule has 0 radical (unpaired) electrons. The highest BCUT2D eigenvalue weighted by Crippen LogP contribution is 2.36. The number of phenols is 1. The van der Waals surface area contributed by atoms with E-state index in [1.807, 2.05) is 42.1 Å². The second-order valence-corrected chi connectivity index (χ2v) is 6.79. The number of thiol groups is 1. The number of hydrogen-bond donors (Lipinski definition) is 2. The molecule has 2 nitrogen and oxygen atoms in total. The highest BCUT2D eigenvalue weighted by molar-refractivity contribution is 7.99. The van der Waals surface area contributed by atoms with Crippen molar-refractivity contribution in [1.29, 1.82) is 0 Å². The number of ether oxygens (including phenoxy) is 1. The van der Waals surface area contributed by atoms with Crippen molar-refractivity contribution in [3.8, 4) is 11.5 Å². The molecule has 0 aliphatic carbocycles. The number of rotatable bonds is 5. The van der Waals surface area contributed by atoms with E-state index in [1.54, 1.807) is 0 Å². The predicted octanol–water partition coefficient (Wildman–Crippen LogP) is 4.34. The van der Waals surface area contributed by atoms with Crippen LogP contribution in [0.2, 0.25) is 0 Å². The van der Waals surface area contributed by atoms with Crippen molar-refractivity contribution < 1.29 is 9.84 Å². The van der Waals surface area contributed by atoms with Gasteiger partial charge in [-0.3, -0.25) is 0 Å². The van der Waals surface area contributed by atoms with Crippen molar-refractivity contribution in [2.24, 2.45) is 0 Å². The summed E-state index contributed by atoms with van der Waals surface area (Å²) in [6.45, 7) is 0.640. The number of aryl methyl sites for hydroxylation is 2. The first-order chi connectivity index (χ1) is 10.2. The predicted molar refractivity (Wildman–Crippen MR) is 90.0 cm³/mol. The van der Waals surface area contributed by atoms with Crippen molar-refractivity contribution in [3.05, 3.63) is 47.5 Å². The van der Waals surface area contributed by atoms with Gasteiger partial charge in [0.15, 0.2) is 0 Å². The molecule has 0 unspecified atom stereocenters. The van der Waals surface area contributed by atoms with Gasteiger partial charge in [0, 0.05) is 15.5 Å². The Bertz CT molecular complexity index is 641. The second-order valence-electron chi connectivity index (χ2n) is 5.14. The SMILES string of the molecule is Oc1cc2c(cc1CCCOc1cccc(S)c1)SCC2. The van der Waals surface area contributed by atoms with Gasteiger partial charge in [-0.2, -0.15) is 0 Å². The molecule has 0 saturated carbocycles. The average Bonchev–Trinajstić information content (AvgIpc) is 2.90. The number of aromatic hydroxyl groups is 1. The van der Waals surface area contributed by atoms with E-state index in [1.165, 1.54) is 10.5 Å². The van der Waals surface area contributed by atoms with Gasteiger partial charge in [0.1, 0.15) is 11.5 Å². The van der Waals surface area contributed by atoms with Crippen molar-refractivity contribution in [2.45, 2.75) is 29.1 Å². The number of benzene rings is 2. The summed E-state index contributed by atoms with van der Waals surface area (Å²) in [5.41, 5.74) is 2.30. The number of phenolic OH excluding ortho intramolecular Hbond substituents is 1. The Morgan fingerprint density at radius 2 is 2.14 bits per heavy atom. The van der Waals surface area contributed by atoms with Gasteiger partial charge in [-0.15, -0.1) is 24.4 Å². The van der Waals surface area contributed by atoms with Crippen molar-refractivity contribution in [1.82, 2.24) is 0 Å². The van der Waals surface area contributed by atoms with E-state index < -0.39 is 0 Å². The first-order valence-corrected chi connectivity index (χ1v) is 8.55. The maximum Gasteiger partial charge on any atom is 0.120 e. The van der Waals surface area contributed by atoms with E-state index in [-0.39, 0.29) is 0 Å².